The average molecular weight is 218 g/mol. The van der Waals surface area contributed by atoms with Gasteiger partial charge in [-0.05, 0) is 12.1 Å². The van der Waals surface area contributed by atoms with E-state index in [1.54, 1.807) is 19.2 Å². The lowest BCUT2D eigenvalue weighted by atomic mass is 10.3. The van der Waals surface area contributed by atoms with Gasteiger partial charge in [-0.2, -0.15) is 0 Å². The number of anilines is 1. The molecule has 0 fully saturated rings. The zero-order valence-corrected chi connectivity index (χ0v) is 8.64. The number of hydrogen-bond donors (Lipinski definition) is 0. The molecule has 0 atom stereocenters. The molecule has 13 heavy (non-hydrogen) atoms. The molecule has 0 bridgehead atoms. The highest BCUT2D eigenvalue weighted by atomic mass is 35.5. The first-order valence-electron chi connectivity index (χ1n) is 3.74. The van der Waals surface area contributed by atoms with E-state index in [1.807, 2.05) is 12.1 Å². The highest BCUT2D eigenvalue weighted by Crippen LogP contribution is 2.23. The van der Waals surface area contributed by atoms with E-state index in [4.69, 9.17) is 23.2 Å². The van der Waals surface area contributed by atoms with Crippen molar-refractivity contribution in [2.45, 2.75) is 0 Å². The third kappa shape index (κ3) is 2.36. The summed E-state index contributed by atoms with van der Waals surface area (Å²) in [6.07, 6.45) is 0. The van der Waals surface area contributed by atoms with Gasteiger partial charge in [0.05, 0.1) is 10.7 Å². The first-order chi connectivity index (χ1) is 6.16. The number of alkyl halides is 1. The Balaban J connectivity index is 2.95. The van der Waals surface area contributed by atoms with E-state index in [-0.39, 0.29) is 11.8 Å². The van der Waals surface area contributed by atoms with E-state index in [2.05, 4.69) is 0 Å². The molecule has 0 aliphatic rings. The Bertz CT molecular complexity index is 314. The predicted molar refractivity (Wildman–Crippen MR) is 55.6 cm³/mol. The van der Waals surface area contributed by atoms with Gasteiger partial charge < -0.3 is 4.90 Å². The van der Waals surface area contributed by atoms with Crippen molar-refractivity contribution < 1.29 is 4.79 Å². The maximum Gasteiger partial charge on any atom is 0.241 e. The van der Waals surface area contributed by atoms with E-state index in [9.17, 15) is 4.79 Å². The molecule has 0 radical (unpaired) electrons. The summed E-state index contributed by atoms with van der Waals surface area (Å²) in [6, 6.07) is 7.13. The molecular formula is C9H9Cl2NO. The molecule has 1 aromatic rings. The van der Waals surface area contributed by atoms with Crippen LogP contribution in [0.1, 0.15) is 0 Å². The van der Waals surface area contributed by atoms with Crippen LogP contribution in [0.5, 0.6) is 0 Å². The lowest BCUT2D eigenvalue weighted by molar-refractivity contribution is -0.116. The lowest BCUT2D eigenvalue weighted by Gasteiger charge is -2.16. The second kappa shape index (κ2) is 4.49. The maximum atomic E-state index is 11.2. The van der Waals surface area contributed by atoms with Gasteiger partial charge in [0.1, 0.15) is 5.88 Å². The summed E-state index contributed by atoms with van der Waals surface area (Å²) >= 11 is 11.3. The molecule has 1 aromatic carbocycles. The van der Waals surface area contributed by atoms with Crippen LogP contribution in [0.2, 0.25) is 5.02 Å². The van der Waals surface area contributed by atoms with E-state index >= 15 is 0 Å². The Morgan fingerprint density at radius 1 is 1.46 bits per heavy atom. The third-order valence-corrected chi connectivity index (χ3v) is 2.25. The van der Waals surface area contributed by atoms with Crippen molar-refractivity contribution in [3.05, 3.63) is 29.3 Å². The van der Waals surface area contributed by atoms with Crippen molar-refractivity contribution >= 4 is 34.8 Å². The number of para-hydroxylation sites is 1. The zero-order valence-electron chi connectivity index (χ0n) is 7.13. The maximum absolute atomic E-state index is 11.2. The quantitative estimate of drug-likeness (QED) is 0.698. The van der Waals surface area contributed by atoms with Gasteiger partial charge in [0, 0.05) is 7.05 Å². The second-order valence-electron chi connectivity index (χ2n) is 2.54. The lowest BCUT2D eigenvalue weighted by Crippen LogP contribution is -2.27. The summed E-state index contributed by atoms with van der Waals surface area (Å²) in [5, 5.41) is 0.545. The van der Waals surface area contributed by atoms with Gasteiger partial charge in [-0.3, -0.25) is 4.79 Å². The summed E-state index contributed by atoms with van der Waals surface area (Å²) in [7, 11) is 1.64. The normalized spacial score (nSPS) is 9.77. The van der Waals surface area contributed by atoms with Crippen LogP contribution >= 0.6 is 23.2 Å². The summed E-state index contributed by atoms with van der Waals surface area (Å²) in [4.78, 5) is 12.6. The van der Waals surface area contributed by atoms with Crippen LogP contribution < -0.4 is 4.90 Å². The summed E-state index contributed by atoms with van der Waals surface area (Å²) in [6.45, 7) is 0. The van der Waals surface area contributed by atoms with Gasteiger partial charge in [0.15, 0.2) is 0 Å². The molecule has 2 nitrogen and oxygen atoms in total. The number of amides is 1. The Morgan fingerprint density at radius 2 is 2.08 bits per heavy atom. The molecule has 0 aliphatic heterocycles. The van der Waals surface area contributed by atoms with Crippen molar-refractivity contribution in [1.29, 1.82) is 0 Å². The topological polar surface area (TPSA) is 20.3 Å². The number of hydrogen-bond acceptors (Lipinski definition) is 1. The van der Waals surface area contributed by atoms with Gasteiger partial charge in [-0.15, -0.1) is 11.6 Å². The predicted octanol–water partition coefficient (Wildman–Crippen LogP) is 2.54. The highest BCUT2D eigenvalue weighted by Gasteiger charge is 2.11. The number of carbonyl (C=O) groups is 1. The molecule has 0 spiro atoms. The van der Waals surface area contributed by atoms with Crippen LogP contribution in [-0.4, -0.2) is 18.8 Å². The first-order valence-corrected chi connectivity index (χ1v) is 4.65. The number of rotatable bonds is 2. The minimum absolute atomic E-state index is 0.0400. The molecule has 4 heteroatoms. The van der Waals surface area contributed by atoms with Crippen molar-refractivity contribution in [3.63, 3.8) is 0 Å². The molecule has 0 aromatic heterocycles. The van der Waals surface area contributed by atoms with Crippen molar-refractivity contribution in [2.24, 2.45) is 0 Å². The van der Waals surface area contributed by atoms with E-state index in [0.717, 1.165) is 0 Å². The van der Waals surface area contributed by atoms with Crippen LogP contribution in [-0.2, 0) is 4.79 Å². The minimum atomic E-state index is -0.172. The molecular weight excluding hydrogens is 209 g/mol. The molecule has 0 aliphatic carbocycles. The second-order valence-corrected chi connectivity index (χ2v) is 3.21. The fourth-order valence-electron chi connectivity index (χ4n) is 0.948. The molecule has 0 N–H and O–H groups in total. The number of benzene rings is 1. The highest BCUT2D eigenvalue weighted by molar-refractivity contribution is 6.34. The minimum Gasteiger partial charge on any atom is -0.313 e. The van der Waals surface area contributed by atoms with Crippen LogP contribution in [0.4, 0.5) is 5.69 Å². The van der Waals surface area contributed by atoms with Gasteiger partial charge in [0.25, 0.3) is 0 Å². The summed E-state index contributed by atoms with van der Waals surface area (Å²) in [5.41, 5.74) is 0.676. The van der Waals surface area contributed by atoms with E-state index < -0.39 is 0 Å². The Kier molecular flexibility index (Phi) is 3.58. The molecule has 0 saturated heterocycles. The molecule has 1 rings (SSSR count). The van der Waals surface area contributed by atoms with Gasteiger partial charge in [-0.1, -0.05) is 23.7 Å². The molecule has 0 saturated carbocycles. The largest absolute Gasteiger partial charge is 0.313 e. The molecule has 0 heterocycles. The SMILES string of the molecule is CN(C(=O)CCl)c1ccccc1Cl. The fourth-order valence-corrected chi connectivity index (χ4v) is 1.39. The number of halogens is 2. The smallest absolute Gasteiger partial charge is 0.241 e. The Hall–Kier alpha value is -0.730. The Morgan fingerprint density at radius 3 is 2.62 bits per heavy atom. The zero-order chi connectivity index (χ0) is 9.84. The van der Waals surface area contributed by atoms with Crippen LogP contribution in [0.25, 0.3) is 0 Å². The summed E-state index contributed by atoms with van der Waals surface area (Å²) in [5.74, 6) is -0.211. The fraction of sp³-hybridized carbons (Fsp3) is 0.222. The number of nitrogens with zero attached hydrogens (tertiary/aromatic N) is 1. The van der Waals surface area contributed by atoms with Gasteiger partial charge in [-0.25, -0.2) is 0 Å². The summed E-state index contributed by atoms with van der Waals surface area (Å²) < 4.78 is 0. The molecule has 0 unspecified atom stereocenters. The van der Waals surface area contributed by atoms with Crippen LogP contribution in [0.3, 0.4) is 0 Å². The molecule has 70 valence electrons. The van der Waals surface area contributed by atoms with Crippen LogP contribution in [0.15, 0.2) is 24.3 Å². The average Bonchev–Trinajstić information content (AvgIpc) is 2.16. The van der Waals surface area contributed by atoms with E-state index in [1.165, 1.54) is 4.90 Å². The van der Waals surface area contributed by atoms with E-state index in [0.29, 0.717) is 10.7 Å². The molecule has 1 amide bonds. The monoisotopic (exact) mass is 217 g/mol. The first kappa shape index (κ1) is 10.4. The number of carbonyl (C=O) groups excluding carboxylic acids is 1. The van der Waals surface area contributed by atoms with Crippen molar-refractivity contribution in [1.82, 2.24) is 0 Å². The third-order valence-electron chi connectivity index (χ3n) is 1.70. The van der Waals surface area contributed by atoms with Gasteiger partial charge >= 0.3 is 0 Å². The Labute approximate surface area is 87.1 Å². The van der Waals surface area contributed by atoms with Crippen molar-refractivity contribution in [2.75, 3.05) is 17.8 Å². The van der Waals surface area contributed by atoms with Gasteiger partial charge in [0.2, 0.25) is 5.91 Å². The van der Waals surface area contributed by atoms with Crippen molar-refractivity contribution in [3.8, 4) is 0 Å². The van der Waals surface area contributed by atoms with Crippen LogP contribution in [0, 0.1) is 0 Å². The standard InChI is InChI=1S/C9H9Cl2NO/c1-12(9(13)6-10)8-5-3-2-4-7(8)11/h2-5H,6H2,1H3.